The molecule has 0 unspecified atom stereocenters. The van der Waals surface area contributed by atoms with E-state index in [0.717, 1.165) is 44.8 Å². The first-order chi connectivity index (χ1) is 14.5. The number of carbonyl (C=O) groups is 1. The number of rotatable bonds is 7. The summed E-state index contributed by atoms with van der Waals surface area (Å²) in [5, 5.41) is 8.08. The zero-order chi connectivity index (χ0) is 21.1. The summed E-state index contributed by atoms with van der Waals surface area (Å²) in [7, 11) is 0. The number of nitrogens with zero attached hydrogens (tertiary/aromatic N) is 2. The van der Waals surface area contributed by atoms with E-state index in [9.17, 15) is 4.79 Å². The average Bonchev–Trinajstić information content (AvgIpc) is 3.43. The van der Waals surface area contributed by atoms with Gasteiger partial charge in [0.25, 0.3) is 0 Å². The Morgan fingerprint density at radius 3 is 2.73 bits per heavy atom. The van der Waals surface area contributed by atoms with Crippen molar-refractivity contribution < 1.29 is 13.9 Å². The summed E-state index contributed by atoms with van der Waals surface area (Å²) in [6.07, 6.45) is 0.187. The number of hydrogen-bond acceptors (Lipinski definition) is 7. The Hall–Kier alpha value is -2.97. The fourth-order valence-corrected chi connectivity index (χ4v) is 4.68. The maximum atomic E-state index is 12.5. The summed E-state index contributed by atoms with van der Waals surface area (Å²) < 4.78 is 11.2. The van der Waals surface area contributed by atoms with Gasteiger partial charge in [0, 0.05) is 16.3 Å². The number of thiazole rings is 2. The molecule has 154 valence electrons. The van der Waals surface area contributed by atoms with Gasteiger partial charge < -0.3 is 14.5 Å². The number of benzene rings is 1. The van der Waals surface area contributed by atoms with E-state index < -0.39 is 0 Å². The van der Waals surface area contributed by atoms with E-state index in [-0.39, 0.29) is 12.3 Å². The molecule has 3 heterocycles. The molecule has 0 aliphatic rings. The zero-order valence-corrected chi connectivity index (χ0v) is 18.5. The van der Waals surface area contributed by atoms with Gasteiger partial charge >= 0.3 is 0 Å². The van der Waals surface area contributed by atoms with Crippen LogP contribution in [0.1, 0.15) is 24.1 Å². The summed E-state index contributed by atoms with van der Waals surface area (Å²) in [6.45, 7) is 6.35. The molecule has 0 aliphatic carbocycles. The van der Waals surface area contributed by atoms with Gasteiger partial charge in [-0.3, -0.25) is 4.79 Å². The first kappa shape index (κ1) is 20.3. The average molecular weight is 440 g/mol. The largest absolute Gasteiger partial charge is 0.493 e. The van der Waals surface area contributed by atoms with E-state index in [2.05, 4.69) is 15.3 Å². The minimum Gasteiger partial charge on any atom is -0.493 e. The van der Waals surface area contributed by atoms with Crippen molar-refractivity contribution in [2.24, 2.45) is 0 Å². The number of aryl methyl sites for hydroxylation is 2. The summed E-state index contributed by atoms with van der Waals surface area (Å²) in [5.74, 6) is 2.31. The van der Waals surface area contributed by atoms with E-state index in [0.29, 0.717) is 11.7 Å². The second-order valence-electron chi connectivity index (χ2n) is 6.66. The molecule has 1 aromatic carbocycles. The van der Waals surface area contributed by atoms with Crippen LogP contribution in [0.25, 0.3) is 21.8 Å². The lowest BCUT2D eigenvalue weighted by atomic mass is 10.2. The number of aromatic nitrogens is 2. The summed E-state index contributed by atoms with van der Waals surface area (Å²) in [6, 6.07) is 9.74. The van der Waals surface area contributed by atoms with Crippen molar-refractivity contribution >= 4 is 33.7 Å². The van der Waals surface area contributed by atoms with Gasteiger partial charge in [0.15, 0.2) is 5.13 Å². The molecule has 0 saturated heterocycles. The van der Waals surface area contributed by atoms with Crippen molar-refractivity contribution in [2.75, 3.05) is 11.9 Å². The Kier molecular flexibility index (Phi) is 5.96. The van der Waals surface area contributed by atoms with Gasteiger partial charge in [-0.05, 0) is 39.0 Å². The van der Waals surface area contributed by atoms with Crippen molar-refractivity contribution in [1.29, 1.82) is 0 Å². The van der Waals surface area contributed by atoms with Crippen LogP contribution in [-0.2, 0) is 11.2 Å². The lowest BCUT2D eigenvalue weighted by molar-refractivity contribution is -0.115. The summed E-state index contributed by atoms with van der Waals surface area (Å²) in [5.41, 5.74) is 3.40. The first-order valence-electron chi connectivity index (χ1n) is 9.53. The smallest absolute Gasteiger partial charge is 0.232 e. The third kappa shape index (κ3) is 4.44. The van der Waals surface area contributed by atoms with Crippen molar-refractivity contribution in [1.82, 2.24) is 9.97 Å². The highest BCUT2D eigenvalue weighted by Gasteiger charge is 2.15. The van der Waals surface area contributed by atoms with E-state index in [1.54, 1.807) is 0 Å². The summed E-state index contributed by atoms with van der Waals surface area (Å²) >= 11 is 2.89. The molecule has 0 saturated carbocycles. The molecule has 0 spiro atoms. The van der Waals surface area contributed by atoms with Crippen LogP contribution in [0, 0.1) is 13.8 Å². The Morgan fingerprint density at radius 2 is 1.97 bits per heavy atom. The molecule has 8 heteroatoms. The summed E-state index contributed by atoms with van der Waals surface area (Å²) in [4.78, 5) is 21.6. The number of carbonyl (C=O) groups excluding carboxylic acids is 1. The third-order valence-electron chi connectivity index (χ3n) is 4.38. The van der Waals surface area contributed by atoms with Crippen molar-refractivity contribution in [2.45, 2.75) is 27.2 Å². The number of ether oxygens (including phenoxy) is 1. The molecule has 3 aromatic heterocycles. The van der Waals surface area contributed by atoms with Gasteiger partial charge in [0.2, 0.25) is 5.91 Å². The number of hydrogen-bond donors (Lipinski definition) is 1. The maximum absolute atomic E-state index is 12.5. The van der Waals surface area contributed by atoms with Gasteiger partial charge in [-0.15, -0.1) is 22.7 Å². The molecule has 4 aromatic rings. The van der Waals surface area contributed by atoms with Crippen LogP contribution in [0.15, 0.2) is 45.5 Å². The third-order valence-corrected chi connectivity index (χ3v) is 6.06. The number of amides is 1. The van der Waals surface area contributed by atoms with Gasteiger partial charge in [0.1, 0.15) is 22.3 Å². The highest BCUT2D eigenvalue weighted by atomic mass is 32.1. The van der Waals surface area contributed by atoms with Gasteiger partial charge in [-0.2, -0.15) is 0 Å². The fraction of sp³-hybridized carbons (Fsp3) is 0.227. The quantitative estimate of drug-likeness (QED) is 0.398. The molecule has 1 N–H and O–H groups in total. The lowest BCUT2D eigenvalue weighted by Gasteiger charge is -2.07. The molecule has 0 radical (unpaired) electrons. The Labute approximate surface area is 182 Å². The molecule has 1 amide bonds. The topological polar surface area (TPSA) is 77.2 Å². The van der Waals surface area contributed by atoms with Crippen LogP contribution in [0.4, 0.5) is 5.13 Å². The van der Waals surface area contributed by atoms with E-state index >= 15 is 0 Å². The van der Waals surface area contributed by atoms with Crippen LogP contribution >= 0.6 is 22.7 Å². The predicted molar refractivity (Wildman–Crippen MR) is 120 cm³/mol. The molecular formula is C22H21N3O3S2. The Bertz CT molecular complexity index is 1180. The van der Waals surface area contributed by atoms with E-state index in [1.165, 1.54) is 22.7 Å². The van der Waals surface area contributed by atoms with Crippen molar-refractivity contribution in [3.8, 4) is 27.6 Å². The lowest BCUT2D eigenvalue weighted by Crippen LogP contribution is -2.14. The normalized spacial score (nSPS) is 10.9. The van der Waals surface area contributed by atoms with Crippen LogP contribution in [0.2, 0.25) is 0 Å². The predicted octanol–water partition coefficient (Wildman–Crippen LogP) is 5.72. The second kappa shape index (κ2) is 8.81. The standard InChI is InChI=1S/C22H21N3O3S2/c1-4-27-19-8-6-5-7-16(19)21-23-15(11-29-21)10-20(26)25-22-24-18(12-30-22)17-9-13(2)28-14(17)3/h5-9,11-12H,4,10H2,1-3H3,(H,24,25,26). The van der Waals surface area contributed by atoms with E-state index in [4.69, 9.17) is 9.15 Å². The fourth-order valence-electron chi connectivity index (χ4n) is 3.10. The number of para-hydroxylation sites is 1. The number of furan rings is 1. The van der Waals surface area contributed by atoms with Gasteiger partial charge in [-0.1, -0.05) is 12.1 Å². The van der Waals surface area contributed by atoms with Crippen molar-refractivity contribution in [3.05, 3.63) is 58.3 Å². The zero-order valence-electron chi connectivity index (χ0n) is 16.9. The first-order valence-corrected chi connectivity index (χ1v) is 11.3. The minimum atomic E-state index is -0.147. The maximum Gasteiger partial charge on any atom is 0.232 e. The molecular weight excluding hydrogens is 418 g/mol. The van der Waals surface area contributed by atoms with Crippen LogP contribution in [0.3, 0.4) is 0 Å². The Balaban J connectivity index is 1.43. The highest BCUT2D eigenvalue weighted by Crippen LogP contribution is 2.33. The van der Waals surface area contributed by atoms with Gasteiger partial charge in [0.05, 0.1) is 30.0 Å². The van der Waals surface area contributed by atoms with Crippen LogP contribution in [-0.4, -0.2) is 22.5 Å². The number of nitrogens with one attached hydrogen (secondary N) is 1. The Morgan fingerprint density at radius 1 is 1.13 bits per heavy atom. The molecule has 0 bridgehead atoms. The van der Waals surface area contributed by atoms with Crippen molar-refractivity contribution in [3.63, 3.8) is 0 Å². The molecule has 30 heavy (non-hydrogen) atoms. The molecule has 0 fully saturated rings. The molecule has 4 rings (SSSR count). The molecule has 0 aliphatic heterocycles. The SMILES string of the molecule is CCOc1ccccc1-c1nc(CC(=O)Nc2nc(-c3cc(C)oc3C)cs2)cs1. The molecule has 6 nitrogen and oxygen atoms in total. The molecule has 0 atom stereocenters. The van der Waals surface area contributed by atoms with Gasteiger partial charge in [-0.25, -0.2) is 9.97 Å². The monoisotopic (exact) mass is 439 g/mol. The van der Waals surface area contributed by atoms with E-state index in [1.807, 2.05) is 61.9 Å². The van der Waals surface area contributed by atoms with Crippen LogP contribution < -0.4 is 10.1 Å². The number of anilines is 1. The van der Waals surface area contributed by atoms with Crippen LogP contribution in [0.5, 0.6) is 5.75 Å². The minimum absolute atomic E-state index is 0.147. The second-order valence-corrected chi connectivity index (χ2v) is 8.38. The highest BCUT2D eigenvalue weighted by molar-refractivity contribution is 7.14.